The number of carbonyl (C=O) groups is 4. The largest absolute Gasteiger partial charge is 0.328 e. The summed E-state index contributed by atoms with van der Waals surface area (Å²) in [5.74, 6) is -0.627. The maximum Gasteiger partial charge on any atom is 0.232 e. The summed E-state index contributed by atoms with van der Waals surface area (Å²) in [7, 11) is 4.18. The van der Waals surface area contributed by atoms with Gasteiger partial charge in [-0.2, -0.15) is 0 Å². The molecular weight excluding hydrogens is 322 g/mol. The quantitative estimate of drug-likeness (QED) is 0.474. The third-order valence-electron chi connectivity index (χ3n) is 5.23. The first-order valence-electron chi connectivity index (χ1n) is 9.13. The number of rotatable bonds is 8. The van der Waals surface area contributed by atoms with Gasteiger partial charge >= 0.3 is 0 Å². The molecule has 2 saturated heterocycles. The van der Waals surface area contributed by atoms with E-state index in [1.54, 1.807) is 13.8 Å². The Morgan fingerprint density at radius 2 is 1.16 bits per heavy atom. The van der Waals surface area contributed by atoms with Gasteiger partial charge < -0.3 is 4.48 Å². The van der Waals surface area contributed by atoms with Gasteiger partial charge in [0.25, 0.3) is 0 Å². The summed E-state index contributed by atoms with van der Waals surface area (Å²) in [4.78, 5) is 50.2. The van der Waals surface area contributed by atoms with Gasteiger partial charge in [0, 0.05) is 50.6 Å². The molecule has 0 aromatic rings. The second-order valence-electron chi connectivity index (χ2n) is 8.07. The predicted octanol–water partition coefficient (Wildman–Crippen LogP) is 0.633. The van der Waals surface area contributed by atoms with Crippen LogP contribution < -0.4 is 0 Å². The topological polar surface area (TPSA) is 74.8 Å². The van der Waals surface area contributed by atoms with Gasteiger partial charge in [0.15, 0.2) is 0 Å². The van der Waals surface area contributed by atoms with Crippen LogP contribution in [-0.2, 0) is 19.2 Å². The molecule has 0 aromatic heterocycles. The van der Waals surface area contributed by atoms with Crippen LogP contribution in [-0.4, -0.2) is 78.2 Å². The third-order valence-corrected chi connectivity index (χ3v) is 5.23. The molecule has 2 heterocycles. The molecule has 0 radical (unpaired) electrons. The van der Waals surface area contributed by atoms with Crippen molar-refractivity contribution < 1.29 is 23.7 Å². The van der Waals surface area contributed by atoms with Crippen LogP contribution in [0.4, 0.5) is 0 Å². The number of hydrogen-bond donors (Lipinski definition) is 0. The van der Waals surface area contributed by atoms with E-state index in [-0.39, 0.29) is 35.5 Å². The average molecular weight is 352 g/mol. The maximum atomic E-state index is 11.9. The van der Waals surface area contributed by atoms with Crippen molar-refractivity contribution in [2.24, 2.45) is 11.8 Å². The highest BCUT2D eigenvalue weighted by molar-refractivity contribution is 6.03. The van der Waals surface area contributed by atoms with Crippen LogP contribution in [0.1, 0.15) is 39.5 Å². The van der Waals surface area contributed by atoms with E-state index in [1.165, 1.54) is 9.80 Å². The molecule has 7 nitrogen and oxygen atoms in total. The van der Waals surface area contributed by atoms with Crippen molar-refractivity contribution in [1.29, 1.82) is 0 Å². The lowest BCUT2D eigenvalue weighted by Gasteiger charge is -2.31. The second kappa shape index (κ2) is 7.64. The molecular formula is C18H30N3O4+. The molecule has 2 rings (SSSR count). The smallest absolute Gasteiger partial charge is 0.232 e. The minimum atomic E-state index is -0.187. The Balaban J connectivity index is 1.71. The van der Waals surface area contributed by atoms with Gasteiger partial charge in [0.05, 0.1) is 27.2 Å². The van der Waals surface area contributed by atoms with Crippen molar-refractivity contribution in [1.82, 2.24) is 9.80 Å². The van der Waals surface area contributed by atoms with Gasteiger partial charge in [-0.1, -0.05) is 13.8 Å². The molecule has 0 spiro atoms. The lowest BCUT2D eigenvalue weighted by atomic mass is 10.1. The third kappa shape index (κ3) is 4.66. The lowest BCUT2D eigenvalue weighted by Crippen LogP contribution is -2.44. The molecule has 0 bridgehead atoms. The van der Waals surface area contributed by atoms with Crippen LogP contribution in [0.5, 0.6) is 0 Å². The summed E-state index contributed by atoms with van der Waals surface area (Å²) in [5, 5.41) is 0. The van der Waals surface area contributed by atoms with E-state index in [0.29, 0.717) is 25.9 Å². The molecule has 0 aromatic carbocycles. The van der Waals surface area contributed by atoms with Crippen LogP contribution in [0.15, 0.2) is 0 Å². The minimum absolute atomic E-state index is 0.0597. The number of hydrogen-bond acceptors (Lipinski definition) is 4. The number of carbonyl (C=O) groups excluding carboxylic acids is 4. The van der Waals surface area contributed by atoms with Gasteiger partial charge in [-0.15, -0.1) is 0 Å². The van der Waals surface area contributed by atoms with Crippen LogP contribution in [0.3, 0.4) is 0 Å². The first-order chi connectivity index (χ1) is 11.6. The van der Waals surface area contributed by atoms with Crippen LogP contribution in [0.25, 0.3) is 0 Å². The first-order valence-corrected chi connectivity index (χ1v) is 9.13. The van der Waals surface area contributed by atoms with Gasteiger partial charge in [0.2, 0.25) is 23.6 Å². The van der Waals surface area contributed by atoms with E-state index in [2.05, 4.69) is 14.1 Å². The van der Waals surface area contributed by atoms with E-state index >= 15 is 0 Å². The number of amides is 4. The Hall–Kier alpha value is -1.76. The summed E-state index contributed by atoms with van der Waals surface area (Å²) >= 11 is 0. The molecule has 25 heavy (non-hydrogen) atoms. The van der Waals surface area contributed by atoms with E-state index in [1.807, 2.05) is 0 Å². The fourth-order valence-electron chi connectivity index (χ4n) is 3.59. The maximum absolute atomic E-state index is 11.9. The first kappa shape index (κ1) is 19.6. The number of quaternary nitrogens is 1. The van der Waals surface area contributed by atoms with Crippen LogP contribution in [0.2, 0.25) is 0 Å². The molecule has 0 aliphatic carbocycles. The Morgan fingerprint density at radius 1 is 0.800 bits per heavy atom. The van der Waals surface area contributed by atoms with Crippen LogP contribution in [0, 0.1) is 11.8 Å². The highest BCUT2D eigenvalue weighted by Crippen LogP contribution is 2.20. The highest BCUT2D eigenvalue weighted by atomic mass is 16.2. The predicted molar refractivity (Wildman–Crippen MR) is 92.1 cm³/mol. The van der Waals surface area contributed by atoms with Crippen molar-refractivity contribution >= 4 is 23.6 Å². The Morgan fingerprint density at radius 3 is 1.44 bits per heavy atom. The number of likely N-dealkylation sites (tertiary alicyclic amines) is 2. The molecule has 2 unspecified atom stereocenters. The van der Waals surface area contributed by atoms with E-state index in [9.17, 15) is 19.2 Å². The summed E-state index contributed by atoms with van der Waals surface area (Å²) in [6.07, 6.45) is 2.17. The standard InChI is InChI=1S/C18H30N3O4/c1-13-11-15(22)19(17(13)24)7-5-9-21(3,4)10-6-8-20-16(23)12-14(2)18(20)25/h13-14H,5-12H2,1-4H3/q+1. The normalized spacial score (nSPS) is 24.8. The summed E-state index contributed by atoms with van der Waals surface area (Å²) in [5.41, 5.74) is 0. The molecule has 0 saturated carbocycles. The van der Waals surface area contributed by atoms with E-state index in [4.69, 9.17) is 0 Å². The highest BCUT2D eigenvalue weighted by Gasteiger charge is 2.36. The molecule has 4 amide bonds. The zero-order valence-corrected chi connectivity index (χ0v) is 15.8. The zero-order chi connectivity index (χ0) is 18.8. The van der Waals surface area contributed by atoms with Gasteiger partial charge in [-0.3, -0.25) is 29.0 Å². The van der Waals surface area contributed by atoms with Gasteiger partial charge in [0.1, 0.15) is 0 Å². The molecule has 0 N–H and O–H groups in total. The Kier molecular flexibility index (Phi) is 5.98. The minimum Gasteiger partial charge on any atom is -0.328 e. The SMILES string of the molecule is CC1CC(=O)N(CCC[N+](C)(C)CCCN2C(=O)CC(C)C2=O)C1=O. The summed E-state index contributed by atoms with van der Waals surface area (Å²) in [6, 6.07) is 0. The fourth-order valence-corrected chi connectivity index (χ4v) is 3.59. The van der Waals surface area contributed by atoms with Crippen molar-refractivity contribution in [2.75, 3.05) is 40.3 Å². The van der Waals surface area contributed by atoms with E-state index in [0.717, 1.165) is 30.4 Å². The average Bonchev–Trinajstić information content (AvgIpc) is 2.90. The summed E-state index contributed by atoms with van der Waals surface area (Å²) in [6.45, 7) is 6.21. The Bertz CT molecular complexity index is 525. The lowest BCUT2D eigenvalue weighted by molar-refractivity contribution is -0.890. The van der Waals surface area contributed by atoms with Crippen molar-refractivity contribution in [3.63, 3.8) is 0 Å². The zero-order valence-electron chi connectivity index (χ0n) is 15.8. The van der Waals surface area contributed by atoms with E-state index < -0.39 is 0 Å². The van der Waals surface area contributed by atoms with Gasteiger partial charge in [-0.25, -0.2) is 0 Å². The fraction of sp³-hybridized carbons (Fsp3) is 0.778. The number of imide groups is 2. The molecule has 2 atom stereocenters. The van der Waals surface area contributed by atoms with Gasteiger partial charge in [-0.05, 0) is 0 Å². The van der Waals surface area contributed by atoms with Crippen molar-refractivity contribution in [2.45, 2.75) is 39.5 Å². The molecule has 140 valence electrons. The summed E-state index contributed by atoms with van der Waals surface area (Å²) < 4.78 is 0.734. The molecule has 2 aliphatic heterocycles. The van der Waals surface area contributed by atoms with Crippen molar-refractivity contribution in [3.05, 3.63) is 0 Å². The Labute approximate surface area is 149 Å². The van der Waals surface area contributed by atoms with Crippen molar-refractivity contribution in [3.8, 4) is 0 Å². The monoisotopic (exact) mass is 352 g/mol. The second-order valence-corrected chi connectivity index (χ2v) is 8.07. The molecule has 7 heteroatoms. The molecule has 2 fully saturated rings. The van der Waals surface area contributed by atoms with Crippen LogP contribution >= 0.6 is 0 Å². The molecule has 2 aliphatic rings. The number of nitrogens with zero attached hydrogens (tertiary/aromatic N) is 3.